The average Bonchev–Trinajstić information content (AvgIpc) is 2.84. The number of hydrogen-bond donors (Lipinski definition) is 1. The lowest BCUT2D eigenvalue weighted by molar-refractivity contribution is 0.226. The molecule has 1 unspecified atom stereocenters. The van der Waals surface area contributed by atoms with Crippen molar-refractivity contribution >= 4 is 0 Å². The molecule has 21 heavy (non-hydrogen) atoms. The summed E-state index contributed by atoms with van der Waals surface area (Å²) in [5, 5.41) is 3.27. The Morgan fingerprint density at radius 2 is 2.33 bits per heavy atom. The molecule has 4 nitrogen and oxygen atoms in total. The minimum atomic E-state index is -0.321. The van der Waals surface area contributed by atoms with Crippen LogP contribution >= 0.6 is 0 Å². The van der Waals surface area contributed by atoms with Gasteiger partial charge in [0, 0.05) is 24.2 Å². The van der Waals surface area contributed by atoms with Crippen LogP contribution in [0.2, 0.25) is 0 Å². The number of aromatic nitrogens is 1. The van der Waals surface area contributed by atoms with E-state index >= 15 is 0 Å². The molecular weight excluding hydrogens is 269 g/mol. The van der Waals surface area contributed by atoms with Gasteiger partial charge < -0.3 is 15.0 Å². The Labute approximate surface area is 126 Å². The summed E-state index contributed by atoms with van der Waals surface area (Å²) in [6, 6.07) is 2.44. The summed E-state index contributed by atoms with van der Waals surface area (Å²) < 4.78 is 19.1. The summed E-state index contributed by atoms with van der Waals surface area (Å²) in [7, 11) is 2.16. The molecule has 0 aromatic carbocycles. The number of halogens is 1. The fourth-order valence-corrected chi connectivity index (χ4v) is 2.67. The molecule has 1 aromatic rings. The third-order valence-corrected chi connectivity index (χ3v) is 3.95. The third-order valence-electron chi connectivity index (χ3n) is 3.95. The van der Waals surface area contributed by atoms with E-state index in [0.717, 1.165) is 12.0 Å². The quantitative estimate of drug-likeness (QED) is 0.839. The van der Waals surface area contributed by atoms with Gasteiger partial charge in [-0.1, -0.05) is 13.8 Å². The molecule has 1 atom stereocenters. The second-order valence-electron chi connectivity index (χ2n) is 6.07. The number of nitrogens with zero attached hydrogens (tertiary/aromatic N) is 2. The smallest absolute Gasteiger partial charge is 0.218 e. The van der Waals surface area contributed by atoms with E-state index in [0.29, 0.717) is 31.1 Å². The van der Waals surface area contributed by atoms with Crippen molar-refractivity contribution < 1.29 is 9.13 Å². The monoisotopic (exact) mass is 295 g/mol. The van der Waals surface area contributed by atoms with Crippen LogP contribution < -0.4 is 10.1 Å². The van der Waals surface area contributed by atoms with E-state index in [2.05, 4.69) is 36.1 Å². The van der Waals surface area contributed by atoms with Crippen LogP contribution in [0.5, 0.6) is 5.88 Å². The second kappa shape index (κ2) is 7.71. The fraction of sp³-hybridized carbons (Fsp3) is 0.688. The van der Waals surface area contributed by atoms with E-state index < -0.39 is 0 Å². The Morgan fingerprint density at radius 3 is 3.00 bits per heavy atom. The average molecular weight is 295 g/mol. The van der Waals surface area contributed by atoms with Crippen LogP contribution in [0, 0.1) is 5.82 Å². The molecule has 1 aromatic heterocycles. The summed E-state index contributed by atoms with van der Waals surface area (Å²) in [5.74, 6) is 0.226. The van der Waals surface area contributed by atoms with E-state index in [1.807, 2.05) is 0 Å². The molecule has 1 aliphatic heterocycles. The Balaban J connectivity index is 1.89. The minimum Gasteiger partial charge on any atom is -0.477 e. The van der Waals surface area contributed by atoms with Crippen LogP contribution in [0.1, 0.15) is 38.7 Å². The first-order chi connectivity index (χ1) is 10.1. The number of nitrogens with one attached hydrogen (secondary N) is 1. The maximum absolute atomic E-state index is 13.3. The van der Waals surface area contributed by atoms with E-state index in [4.69, 9.17) is 4.74 Å². The number of ether oxygens (including phenoxy) is 1. The molecule has 5 heteroatoms. The molecule has 1 N–H and O–H groups in total. The first-order valence-corrected chi connectivity index (χ1v) is 7.77. The molecule has 0 amide bonds. The number of hydrogen-bond acceptors (Lipinski definition) is 4. The molecule has 118 valence electrons. The van der Waals surface area contributed by atoms with Crippen LogP contribution in [0.15, 0.2) is 12.3 Å². The highest BCUT2D eigenvalue weighted by atomic mass is 19.1. The van der Waals surface area contributed by atoms with Gasteiger partial charge in [0.25, 0.3) is 0 Å². The van der Waals surface area contributed by atoms with E-state index in [9.17, 15) is 4.39 Å². The van der Waals surface area contributed by atoms with Crippen molar-refractivity contribution in [1.29, 1.82) is 0 Å². The molecule has 2 heterocycles. The lowest BCUT2D eigenvalue weighted by Gasteiger charge is -2.19. The molecule has 0 aliphatic carbocycles. The molecule has 0 radical (unpaired) electrons. The lowest BCUT2D eigenvalue weighted by Crippen LogP contribution is -2.27. The van der Waals surface area contributed by atoms with Gasteiger partial charge in [-0.2, -0.15) is 0 Å². The SMILES string of the molecule is CC(C)NCc1cc(F)cnc1OCCC1CCCN1C. The van der Waals surface area contributed by atoms with E-state index in [-0.39, 0.29) is 5.82 Å². The number of pyridine rings is 1. The molecule has 1 fully saturated rings. The largest absolute Gasteiger partial charge is 0.477 e. The highest BCUT2D eigenvalue weighted by molar-refractivity contribution is 5.26. The topological polar surface area (TPSA) is 37.4 Å². The zero-order valence-corrected chi connectivity index (χ0v) is 13.2. The Bertz CT molecular complexity index is 453. The predicted octanol–water partition coefficient (Wildman–Crippen LogP) is 2.58. The summed E-state index contributed by atoms with van der Waals surface area (Å²) in [6.07, 6.45) is 4.71. The summed E-state index contributed by atoms with van der Waals surface area (Å²) in [4.78, 5) is 6.47. The molecule has 0 bridgehead atoms. The van der Waals surface area contributed by atoms with Crippen LogP contribution in [-0.2, 0) is 6.54 Å². The van der Waals surface area contributed by atoms with Gasteiger partial charge in [0.1, 0.15) is 5.82 Å². The molecule has 0 saturated carbocycles. The Morgan fingerprint density at radius 1 is 1.52 bits per heavy atom. The standard InChI is InChI=1S/C16H26FN3O/c1-12(2)18-10-13-9-14(17)11-19-16(13)21-8-6-15-5-4-7-20(15)3/h9,11-12,15,18H,4-8,10H2,1-3H3. The van der Waals surface area contributed by atoms with Crippen molar-refractivity contribution in [3.63, 3.8) is 0 Å². The van der Waals surface area contributed by atoms with Gasteiger partial charge in [-0.05, 0) is 38.9 Å². The molecule has 2 rings (SSSR count). The van der Waals surface area contributed by atoms with Crippen molar-refractivity contribution in [2.75, 3.05) is 20.2 Å². The van der Waals surface area contributed by atoms with Crippen molar-refractivity contribution in [2.24, 2.45) is 0 Å². The zero-order chi connectivity index (χ0) is 15.2. The zero-order valence-electron chi connectivity index (χ0n) is 13.2. The first kappa shape index (κ1) is 16.2. The number of rotatable bonds is 7. The van der Waals surface area contributed by atoms with Crippen LogP contribution in [0.25, 0.3) is 0 Å². The van der Waals surface area contributed by atoms with Crippen LogP contribution in [0.3, 0.4) is 0 Å². The van der Waals surface area contributed by atoms with Crippen LogP contribution in [0.4, 0.5) is 4.39 Å². The van der Waals surface area contributed by atoms with Crippen molar-refractivity contribution in [1.82, 2.24) is 15.2 Å². The van der Waals surface area contributed by atoms with E-state index in [1.54, 1.807) is 0 Å². The maximum atomic E-state index is 13.3. The molecule has 0 spiro atoms. The van der Waals surface area contributed by atoms with Gasteiger partial charge in [0.05, 0.1) is 12.8 Å². The van der Waals surface area contributed by atoms with Gasteiger partial charge in [0.15, 0.2) is 0 Å². The van der Waals surface area contributed by atoms with Crippen molar-refractivity contribution in [2.45, 2.75) is 51.7 Å². The maximum Gasteiger partial charge on any atom is 0.218 e. The van der Waals surface area contributed by atoms with E-state index in [1.165, 1.54) is 31.6 Å². The normalized spacial score (nSPS) is 19.4. The Hall–Kier alpha value is -1.20. The first-order valence-electron chi connectivity index (χ1n) is 7.77. The minimum absolute atomic E-state index is 0.321. The summed E-state index contributed by atoms with van der Waals surface area (Å²) >= 11 is 0. The lowest BCUT2D eigenvalue weighted by atomic mass is 10.1. The number of likely N-dealkylation sites (tertiary alicyclic amines) is 1. The summed E-state index contributed by atoms with van der Waals surface area (Å²) in [6.45, 7) is 6.48. The fourth-order valence-electron chi connectivity index (χ4n) is 2.67. The third kappa shape index (κ3) is 4.93. The molecule has 1 saturated heterocycles. The van der Waals surface area contributed by atoms with Gasteiger partial charge in [-0.3, -0.25) is 0 Å². The highest BCUT2D eigenvalue weighted by Crippen LogP contribution is 2.20. The summed E-state index contributed by atoms with van der Waals surface area (Å²) in [5.41, 5.74) is 0.781. The second-order valence-corrected chi connectivity index (χ2v) is 6.07. The molecular formula is C16H26FN3O. The molecule has 1 aliphatic rings. The van der Waals surface area contributed by atoms with Crippen molar-refractivity contribution in [3.05, 3.63) is 23.6 Å². The predicted molar refractivity (Wildman–Crippen MR) is 81.9 cm³/mol. The Kier molecular flexibility index (Phi) is 5.94. The van der Waals surface area contributed by atoms with Crippen molar-refractivity contribution in [3.8, 4) is 5.88 Å². The van der Waals surface area contributed by atoms with Gasteiger partial charge in [-0.25, -0.2) is 9.37 Å². The van der Waals surface area contributed by atoms with Gasteiger partial charge in [-0.15, -0.1) is 0 Å². The highest BCUT2D eigenvalue weighted by Gasteiger charge is 2.20. The van der Waals surface area contributed by atoms with Crippen LogP contribution in [-0.4, -0.2) is 42.2 Å². The van der Waals surface area contributed by atoms with Gasteiger partial charge in [0.2, 0.25) is 5.88 Å². The van der Waals surface area contributed by atoms with Gasteiger partial charge >= 0.3 is 0 Å².